The van der Waals surface area contributed by atoms with Gasteiger partial charge >= 0.3 is 0 Å². The topological polar surface area (TPSA) is 47.6 Å². The number of hydrogen-bond donors (Lipinski definition) is 1. The van der Waals surface area contributed by atoms with Gasteiger partial charge in [-0.2, -0.15) is 0 Å². The molecule has 2 unspecified atom stereocenters. The first-order chi connectivity index (χ1) is 6.77. The van der Waals surface area contributed by atoms with Crippen LogP contribution >= 0.6 is 0 Å². The monoisotopic (exact) mass is 194 g/mol. The quantitative estimate of drug-likeness (QED) is 0.690. The van der Waals surface area contributed by atoms with E-state index in [2.05, 4.69) is 4.99 Å². The van der Waals surface area contributed by atoms with Crippen molar-refractivity contribution in [3.05, 3.63) is 0 Å². The molecule has 2 aliphatic carbocycles. The molecule has 3 heteroatoms. The fourth-order valence-electron chi connectivity index (χ4n) is 3.08. The van der Waals surface area contributed by atoms with Crippen LogP contribution in [0.25, 0.3) is 0 Å². The smallest absolute Gasteiger partial charge is 0.282 e. The summed E-state index contributed by atoms with van der Waals surface area (Å²) in [6.45, 7) is 0.808. The fourth-order valence-corrected chi connectivity index (χ4v) is 3.08. The Hall–Kier alpha value is -0.730. The van der Waals surface area contributed by atoms with E-state index in [0.717, 1.165) is 24.8 Å². The normalized spacial score (nSPS) is 42.3. The number of nitrogens with two attached hydrogens (primary N) is 1. The van der Waals surface area contributed by atoms with Crippen LogP contribution in [0.1, 0.15) is 38.5 Å². The zero-order chi connectivity index (χ0) is 9.60. The molecule has 0 aromatic heterocycles. The number of rotatable bonds is 1. The van der Waals surface area contributed by atoms with Gasteiger partial charge in [0.05, 0.1) is 6.54 Å². The Balaban J connectivity index is 1.69. The van der Waals surface area contributed by atoms with Crippen LogP contribution in [0, 0.1) is 11.8 Å². The summed E-state index contributed by atoms with van der Waals surface area (Å²) in [7, 11) is 0. The van der Waals surface area contributed by atoms with Crippen LogP contribution in [0.3, 0.4) is 0 Å². The predicted octanol–water partition coefficient (Wildman–Crippen LogP) is 1.67. The Morgan fingerprint density at radius 2 is 2.14 bits per heavy atom. The van der Waals surface area contributed by atoms with Gasteiger partial charge in [-0.1, -0.05) is 0 Å². The summed E-state index contributed by atoms with van der Waals surface area (Å²) in [4.78, 5) is 4.20. The predicted molar refractivity (Wildman–Crippen MR) is 55.0 cm³/mol. The van der Waals surface area contributed by atoms with E-state index in [1.165, 1.54) is 32.1 Å². The van der Waals surface area contributed by atoms with Crippen LogP contribution in [-0.4, -0.2) is 18.2 Å². The molecular weight excluding hydrogens is 176 g/mol. The number of hydrogen-bond acceptors (Lipinski definition) is 3. The van der Waals surface area contributed by atoms with Crippen molar-refractivity contribution in [2.45, 2.75) is 44.1 Å². The highest BCUT2D eigenvalue weighted by molar-refractivity contribution is 5.73. The van der Waals surface area contributed by atoms with E-state index in [-0.39, 0.29) is 5.60 Å². The lowest BCUT2D eigenvalue weighted by Gasteiger charge is -2.36. The summed E-state index contributed by atoms with van der Waals surface area (Å²) in [6, 6.07) is 0.418. The van der Waals surface area contributed by atoms with Gasteiger partial charge in [0.1, 0.15) is 5.60 Å². The second-order valence-corrected chi connectivity index (χ2v) is 5.13. The number of amidine groups is 1. The van der Waals surface area contributed by atoms with Crippen LogP contribution in [0.5, 0.6) is 0 Å². The molecule has 2 saturated carbocycles. The number of nitrogens with zero attached hydrogens (tertiary/aromatic N) is 1. The van der Waals surface area contributed by atoms with Gasteiger partial charge in [-0.25, -0.2) is 4.99 Å². The summed E-state index contributed by atoms with van der Waals surface area (Å²) in [5.74, 6) is 1.89. The highest BCUT2D eigenvalue weighted by Crippen LogP contribution is 2.48. The van der Waals surface area contributed by atoms with Gasteiger partial charge in [-0.3, -0.25) is 0 Å². The van der Waals surface area contributed by atoms with Crippen molar-refractivity contribution in [1.29, 1.82) is 0 Å². The Bertz CT molecular complexity index is 272. The molecule has 0 amide bonds. The summed E-state index contributed by atoms with van der Waals surface area (Å²) in [5, 5.41) is 0. The first kappa shape index (κ1) is 8.57. The van der Waals surface area contributed by atoms with Crippen molar-refractivity contribution in [3.63, 3.8) is 0 Å². The van der Waals surface area contributed by atoms with Crippen molar-refractivity contribution >= 4 is 6.02 Å². The third-order valence-electron chi connectivity index (χ3n) is 3.97. The highest BCUT2D eigenvalue weighted by atomic mass is 16.5. The van der Waals surface area contributed by atoms with E-state index in [9.17, 15) is 0 Å². The minimum Gasteiger partial charge on any atom is -0.457 e. The molecule has 3 nitrogen and oxygen atoms in total. The standard InChI is InChI=1S/C11H18N2O/c12-10-13-7-11(14-10)5-1-2-9(6-11)8-3-4-8/h8-9H,1-7H2,(H2,12,13). The van der Waals surface area contributed by atoms with E-state index in [4.69, 9.17) is 10.5 Å². The third kappa shape index (κ3) is 1.39. The molecule has 2 fully saturated rings. The fraction of sp³-hybridized carbons (Fsp3) is 0.909. The third-order valence-corrected chi connectivity index (χ3v) is 3.97. The zero-order valence-corrected chi connectivity index (χ0v) is 8.54. The first-order valence-electron chi connectivity index (χ1n) is 5.76. The zero-order valence-electron chi connectivity index (χ0n) is 8.54. The highest BCUT2D eigenvalue weighted by Gasteiger charge is 2.45. The van der Waals surface area contributed by atoms with Gasteiger partial charge in [-0.05, 0) is 50.4 Å². The SMILES string of the molecule is NC1=NCC2(CCCC(C3CC3)C2)O1. The molecule has 3 aliphatic rings. The molecule has 0 radical (unpaired) electrons. The number of ether oxygens (including phenoxy) is 1. The van der Waals surface area contributed by atoms with Gasteiger partial charge in [0.25, 0.3) is 6.02 Å². The molecular formula is C11H18N2O. The van der Waals surface area contributed by atoms with Crippen LogP contribution < -0.4 is 5.73 Å². The Morgan fingerprint density at radius 1 is 1.29 bits per heavy atom. The molecule has 3 rings (SSSR count). The maximum absolute atomic E-state index is 5.73. The average Bonchev–Trinajstić information content (AvgIpc) is 2.95. The lowest BCUT2D eigenvalue weighted by Crippen LogP contribution is -2.40. The molecule has 14 heavy (non-hydrogen) atoms. The molecule has 2 atom stereocenters. The van der Waals surface area contributed by atoms with E-state index in [0.29, 0.717) is 6.02 Å². The summed E-state index contributed by atoms with van der Waals surface area (Å²) < 4.78 is 5.73. The molecule has 0 aromatic rings. The van der Waals surface area contributed by atoms with Crippen molar-refractivity contribution in [2.75, 3.05) is 6.54 Å². The molecule has 0 bridgehead atoms. The summed E-state index contributed by atoms with van der Waals surface area (Å²) in [5.41, 5.74) is 5.61. The largest absolute Gasteiger partial charge is 0.457 e. The van der Waals surface area contributed by atoms with Gasteiger partial charge in [0.15, 0.2) is 0 Å². The van der Waals surface area contributed by atoms with Crippen LogP contribution in [0.15, 0.2) is 4.99 Å². The van der Waals surface area contributed by atoms with E-state index >= 15 is 0 Å². The van der Waals surface area contributed by atoms with Crippen molar-refractivity contribution in [3.8, 4) is 0 Å². The lowest BCUT2D eigenvalue weighted by molar-refractivity contribution is 0.0172. The van der Waals surface area contributed by atoms with Gasteiger partial charge < -0.3 is 10.5 Å². The van der Waals surface area contributed by atoms with Crippen molar-refractivity contribution in [1.82, 2.24) is 0 Å². The molecule has 1 heterocycles. The van der Waals surface area contributed by atoms with Crippen LogP contribution in [0.2, 0.25) is 0 Å². The first-order valence-corrected chi connectivity index (χ1v) is 5.76. The molecule has 2 N–H and O–H groups in total. The van der Waals surface area contributed by atoms with Gasteiger partial charge in [0, 0.05) is 0 Å². The maximum atomic E-state index is 5.73. The lowest BCUT2D eigenvalue weighted by atomic mass is 9.76. The second kappa shape index (κ2) is 2.88. The van der Waals surface area contributed by atoms with Crippen molar-refractivity contribution < 1.29 is 4.74 Å². The number of aliphatic imine (C=N–C) groups is 1. The molecule has 0 aromatic carbocycles. The minimum atomic E-state index is 0.00951. The van der Waals surface area contributed by atoms with Crippen LogP contribution in [0.4, 0.5) is 0 Å². The van der Waals surface area contributed by atoms with Gasteiger partial charge in [0.2, 0.25) is 0 Å². The van der Waals surface area contributed by atoms with E-state index in [1.54, 1.807) is 0 Å². The Morgan fingerprint density at radius 3 is 2.79 bits per heavy atom. The molecule has 1 aliphatic heterocycles. The average molecular weight is 194 g/mol. The van der Waals surface area contributed by atoms with E-state index in [1.807, 2.05) is 0 Å². The Kier molecular flexibility index (Phi) is 1.76. The summed E-state index contributed by atoms with van der Waals surface area (Å²) in [6.07, 6.45) is 7.93. The molecule has 78 valence electrons. The Labute approximate surface area is 84.7 Å². The van der Waals surface area contributed by atoms with Gasteiger partial charge in [-0.15, -0.1) is 0 Å². The second-order valence-electron chi connectivity index (χ2n) is 5.13. The maximum Gasteiger partial charge on any atom is 0.282 e. The minimum absolute atomic E-state index is 0.00951. The summed E-state index contributed by atoms with van der Waals surface area (Å²) >= 11 is 0. The van der Waals surface area contributed by atoms with Crippen LogP contribution in [-0.2, 0) is 4.74 Å². The molecule has 0 saturated heterocycles. The molecule has 1 spiro atoms. The van der Waals surface area contributed by atoms with E-state index < -0.39 is 0 Å². The van der Waals surface area contributed by atoms with Crippen molar-refractivity contribution in [2.24, 2.45) is 22.6 Å².